The first kappa shape index (κ1) is 22.5. The van der Waals surface area contributed by atoms with Crippen molar-refractivity contribution in [3.05, 3.63) is 52.6 Å². The smallest absolute Gasteiger partial charge is 0.331 e. The number of hydrogen-bond donors (Lipinski definition) is 3. The second-order valence-corrected chi connectivity index (χ2v) is 9.04. The van der Waals surface area contributed by atoms with Crippen LogP contribution in [0.4, 0.5) is 5.69 Å². The Kier molecular flexibility index (Phi) is 7.02. The monoisotopic (exact) mass is 397 g/mol. The van der Waals surface area contributed by atoms with E-state index in [1.165, 1.54) is 23.7 Å². The second-order valence-electron chi connectivity index (χ2n) is 8.16. The van der Waals surface area contributed by atoms with E-state index >= 15 is 0 Å². The molecular formula is C22H30BN2O2S. The molecule has 0 aromatic heterocycles. The molecule has 0 atom stereocenters. The minimum atomic E-state index is -1.01. The minimum absolute atomic E-state index is 0.759. The molecule has 0 amide bonds. The molecule has 2 aromatic carbocycles. The molecule has 149 valence electrons. The van der Waals surface area contributed by atoms with Crippen molar-refractivity contribution in [1.82, 2.24) is 0 Å². The molecule has 3 N–H and O–H groups in total. The predicted octanol–water partition coefficient (Wildman–Crippen LogP) is 4.54. The first-order valence-electron chi connectivity index (χ1n) is 9.34. The molecule has 6 heteroatoms. The van der Waals surface area contributed by atoms with E-state index < -0.39 is 11.2 Å². The number of aryl methyl sites for hydroxylation is 2. The molecule has 0 heterocycles. The van der Waals surface area contributed by atoms with E-state index in [0.717, 1.165) is 32.7 Å². The maximum Gasteiger partial charge on any atom is 0.331 e. The van der Waals surface area contributed by atoms with E-state index in [1.807, 2.05) is 27.7 Å². The number of anilines is 1. The van der Waals surface area contributed by atoms with Gasteiger partial charge >= 0.3 is 7.48 Å². The quantitative estimate of drug-likeness (QED) is 0.348. The zero-order valence-corrected chi connectivity index (χ0v) is 18.6. The average Bonchev–Trinajstić information content (AvgIpc) is 2.61. The zero-order chi connectivity index (χ0) is 21.1. The summed E-state index contributed by atoms with van der Waals surface area (Å²) in [5, 5.41) is 18.3. The van der Waals surface area contributed by atoms with E-state index in [2.05, 4.69) is 42.0 Å². The highest BCUT2D eigenvalue weighted by atomic mass is 32.2. The molecule has 2 rings (SSSR count). The zero-order valence-electron chi connectivity index (χ0n) is 17.8. The van der Waals surface area contributed by atoms with E-state index in [1.54, 1.807) is 21.3 Å². The molecule has 0 fully saturated rings. The molecule has 0 aliphatic carbocycles. The van der Waals surface area contributed by atoms with Crippen molar-refractivity contribution >= 4 is 36.8 Å². The third-order valence-corrected chi connectivity index (χ3v) is 6.16. The molecule has 0 spiro atoms. The molecule has 28 heavy (non-hydrogen) atoms. The lowest BCUT2D eigenvalue weighted by atomic mass is 9.76. The van der Waals surface area contributed by atoms with E-state index in [-0.39, 0.29) is 0 Å². The lowest BCUT2D eigenvalue weighted by Gasteiger charge is -2.38. The maximum atomic E-state index is 10.4. The number of benzene rings is 2. The molecule has 0 aliphatic heterocycles. The first-order valence-corrected chi connectivity index (χ1v) is 10.2. The number of hydrogen-bond acceptors (Lipinski definition) is 5. The minimum Gasteiger partial charge on any atom is -0.427 e. The lowest BCUT2D eigenvalue weighted by Crippen LogP contribution is -2.49. The Morgan fingerprint density at radius 2 is 1.71 bits per heavy atom. The summed E-state index contributed by atoms with van der Waals surface area (Å²) in [5.74, 6) is 0. The number of rotatable bonds is 8. The Balaban J connectivity index is 2.30. The van der Waals surface area contributed by atoms with Gasteiger partial charge in [0.25, 0.3) is 0 Å². The number of nitrogens with one attached hydrogen (secondary N) is 2. The van der Waals surface area contributed by atoms with Crippen LogP contribution >= 0.6 is 11.9 Å². The molecule has 1 radical (unpaired) electrons. The van der Waals surface area contributed by atoms with Gasteiger partial charge in [-0.25, -0.2) is 0 Å². The highest BCUT2D eigenvalue weighted by Crippen LogP contribution is 2.27. The molecule has 0 saturated heterocycles. The van der Waals surface area contributed by atoms with Crippen LogP contribution in [-0.2, 0) is 4.65 Å². The van der Waals surface area contributed by atoms with Crippen LogP contribution in [0.25, 0.3) is 0 Å². The summed E-state index contributed by atoms with van der Waals surface area (Å²) in [6.07, 6.45) is 1.34. The maximum absolute atomic E-state index is 10.4. The summed E-state index contributed by atoms with van der Waals surface area (Å²) >= 11 is 1.51. The highest BCUT2D eigenvalue weighted by Gasteiger charge is 2.36. The van der Waals surface area contributed by atoms with Crippen molar-refractivity contribution in [2.45, 2.75) is 64.6 Å². The Bertz CT molecular complexity index is 843. The highest BCUT2D eigenvalue weighted by molar-refractivity contribution is 8.00. The van der Waals surface area contributed by atoms with Crippen molar-refractivity contribution in [1.29, 1.82) is 5.41 Å². The fraction of sp³-hybridized carbons (Fsp3) is 0.409. The normalized spacial score (nSPS) is 12.0. The van der Waals surface area contributed by atoms with E-state index in [0.29, 0.717) is 0 Å². The molecule has 0 bridgehead atoms. The fourth-order valence-electron chi connectivity index (χ4n) is 2.42. The average molecular weight is 397 g/mol. The van der Waals surface area contributed by atoms with Crippen LogP contribution in [0.5, 0.6) is 0 Å². The topological polar surface area (TPSA) is 65.3 Å². The van der Waals surface area contributed by atoms with Gasteiger partial charge in [0, 0.05) is 16.7 Å². The van der Waals surface area contributed by atoms with Gasteiger partial charge in [0.05, 0.1) is 16.9 Å². The van der Waals surface area contributed by atoms with Crippen molar-refractivity contribution in [2.75, 3.05) is 4.72 Å². The molecule has 2 aromatic rings. The van der Waals surface area contributed by atoms with E-state index in [9.17, 15) is 5.11 Å². The van der Waals surface area contributed by atoms with Gasteiger partial charge in [-0.1, -0.05) is 23.3 Å². The van der Waals surface area contributed by atoms with Crippen molar-refractivity contribution in [3.8, 4) is 0 Å². The van der Waals surface area contributed by atoms with Crippen molar-refractivity contribution in [2.24, 2.45) is 0 Å². The van der Waals surface area contributed by atoms with Crippen LogP contribution in [0.15, 0.2) is 35.2 Å². The van der Waals surface area contributed by atoms with Crippen LogP contribution < -0.4 is 10.2 Å². The Morgan fingerprint density at radius 3 is 2.25 bits per heavy atom. The summed E-state index contributed by atoms with van der Waals surface area (Å²) in [7, 11) is 1.67. The van der Waals surface area contributed by atoms with Gasteiger partial charge in [-0.15, -0.1) is 0 Å². The van der Waals surface area contributed by atoms with Crippen molar-refractivity contribution in [3.63, 3.8) is 0 Å². The fourth-order valence-corrected chi connectivity index (χ4v) is 3.09. The summed E-state index contributed by atoms with van der Waals surface area (Å²) in [6, 6.07) is 10.3. The Hall–Kier alpha value is -1.76. The summed E-state index contributed by atoms with van der Waals surface area (Å²) in [4.78, 5) is 1.10. The van der Waals surface area contributed by atoms with Gasteiger partial charge in [0.15, 0.2) is 0 Å². The summed E-state index contributed by atoms with van der Waals surface area (Å²) in [5.41, 5.74) is 4.07. The summed E-state index contributed by atoms with van der Waals surface area (Å²) < 4.78 is 9.35. The van der Waals surface area contributed by atoms with Gasteiger partial charge in [-0.05, 0) is 89.6 Å². The van der Waals surface area contributed by atoms with Gasteiger partial charge in [0.1, 0.15) is 0 Å². The van der Waals surface area contributed by atoms with Crippen LogP contribution in [0.3, 0.4) is 0 Å². The second kappa shape index (κ2) is 8.72. The number of aliphatic hydroxyl groups is 1. The standard InChI is InChI=1S/C22H30BN2O2S/c1-14-8-10-17(11-9-14)28-25-19-12-15(2)16(3)20(18(19)13-24)23-27-22(6,7)21(4,5)26/h8-13,24-26H,1-7H3. The van der Waals surface area contributed by atoms with Gasteiger partial charge in [-0.2, -0.15) is 0 Å². The van der Waals surface area contributed by atoms with Crippen LogP contribution in [0.1, 0.15) is 49.9 Å². The Labute approximate surface area is 174 Å². The van der Waals surface area contributed by atoms with Crippen LogP contribution in [-0.4, -0.2) is 30.0 Å². The van der Waals surface area contributed by atoms with Gasteiger partial charge in [-0.3, -0.25) is 0 Å². The molecular weight excluding hydrogens is 367 g/mol. The van der Waals surface area contributed by atoms with Gasteiger partial charge in [0.2, 0.25) is 0 Å². The predicted molar refractivity (Wildman–Crippen MR) is 121 cm³/mol. The molecule has 0 saturated carbocycles. The third-order valence-electron chi connectivity index (χ3n) is 5.33. The van der Waals surface area contributed by atoms with Crippen molar-refractivity contribution < 1.29 is 9.76 Å². The molecule has 0 aliphatic rings. The Morgan fingerprint density at radius 1 is 1.11 bits per heavy atom. The lowest BCUT2D eigenvalue weighted by molar-refractivity contribution is -0.0893. The third kappa shape index (κ3) is 5.19. The largest absolute Gasteiger partial charge is 0.427 e. The molecule has 4 nitrogen and oxygen atoms in total. The van der Waals surface area contributed by atoms with Crippen LogP contribution in [0.2, 0.25) is 0 Å². The SMILES string of the molecule is Cc1ccc(SNc2cc(C)c(C)c([B]OC(C)(C)C(C)(C)O)c2C=N)cc1. The summed E-state index contributed by atoms with van der Waals surface area (Å²) in [6.45, 7) is 13.3. The van der Waals surface area contributed by atoms with Crippen LogP contribution in [0, 0.1) is 26.2 Å². The van der Waals surface area contributed by atoms with E-state index in [4.69, 9.17) is 10.1 Å². The molecule has 0 unspecified atom stereocenters. The van der Waals surface area contributed by atoms with Gasteiger partial charge < -0.3 is 19.9 Å². The first-order chi connectivity index (χ1) is 13.0.